The molecule has 1 saturated heterocycles. The van der Waals surface area contributed by atoms with Crippen LogP contribution in [-0.2, 0) is 4.74 Å². The molecule has 2 heterocycles. The number of rotatable bonds is 2. The molecule has 4 heteroatoms. The highest BCUT2D eigenvalue weighted by atomic mass is 79.9. The fourth-order valence-corrected chi connectivity index (χ4v) is 3.64. The van der Waals surface area contributed by atoms with Crippen LogP contribution in [0.1, 0.15) is 20.3 Å². The lowest BCUT2D eigenvalue weighted by atomic mass is 9.57. The summed E-state index contributed by atoms with van der Waals surface area (Å²) in [7, 11) is 0. The number of nitrogens with zero attached hydrogens (tertiary/aromatic N) is 1. The topological polar surface area (TPSA) is 34.2 Å². The van der Waals surface area contributed by atoms with Gasteiger partial charge in [-0.1, -0.05) is 13.8 Å². The Hall–Kier alpha value is -0.610. The third-order valence-corrected chi connectivity index (χ3v) is 4.80. The number of nitrogens with one attached hydrogen (secondary N) is 1. The van der Waals surface area contributed by atoms with Gasteiger partial charge in [0, 0.05) is 30.2 Å². The largest absolute Gasteiger partial charge is 0.379 e. The Bertz CT molecular complexity index is 435. The molecule has 1 aromatic heterocycles. The van der Waals surface area contributed by atoms with Crippen molar-refractivity contribution in [1.29, 1.82) is 0 Å². The Morgan fingerprint density at radius 1 is 1.53 bits per heavy atom. The van der Waals surface area contributed by atoms with Crippen molar-refractivity contribution in [3.05, 3.63) is 22.9 Å². The number of fused-ring (bicyclic) bond motifs is 1. The molecule has 1 aliphatic heterocycles. The summed E-state index contributed by atoms with van der Waals surface area (Å²) in [6, 6.07) is 4.51. The van der Waals surface area contributed by atoms with Crippen LogP contribution in [-0.4, -0.2) is 23.7 Å². The summed E-state index contributed by atoms with van der Waals surface area (Å²) < 4.78 is 6.69. The first-order valence-electron chi connectivity index (χ1n) is 6.09. The number of pyridine rings is 1. The molecule has 1 N–H and O–H groups in total. The summed E-state index contributed by atoms with van der Waals surface area (Å²) in [6.07, 6.45) is 3.39. The van der Waals surface area contributed by atoms with Gasteiger partial charge < -0.3 is 10.1 Å². The van der Waals surface area contributed by atoms with E-state index < -0.39 is 0 Å². The fourth-order valence-electron chi connectivity index (χ4n) is 3.28. The molecular formula is C13H17BrN2O. The van der Waals surface area contributed by atoms with Gasteiger partial charge in [-0.2, -0.15) is 0 Å². The van der Waals surface area contributed by atoms with Crippen molar-refractivity contribution in [2.75, 3.05) is 11.9 Å². The Morgan fingerprint density at radius 3 is 3.12 bits per heavy atom. The van der Waals surface area contributed by atoms with Crippen molar-refractivity contribution in [1.82, 2.24) is 4.98 Å². The third-order valence-electron chi connectivity index (χ3n) is 4.17. The molecule has 2 aliphatic rings. The summed E-state index contributed by atoms with van der Waals surface area (Å²) in [5, 5.41) is 3.62. The zero-order valence-corrected chi connectivity index (χ0v) is 11.7. The van der Waals surface area contributed by atoms with Crippen molar-refractivity contribution < 1.29 is 4.74 Å². The third kappa shape index (κ3) is 1.69. The normalized spacial score (nSPS) is 33.9. The molecule has 3 unspecified atom stereocenters. The van der Waals surface area contributed by atoms with Crippen LogP contribution in [0.2, 0.25) is 0 Å². The number of halogens is 1. The van der Waals surface area contributed by atoms with E-state index in [0.717, 1.165) is 16.9 Å². The quantitative estimate of drug-likeness (QED) is 0.852. The summed E-state index contributed by atoms with van der Waals surface area (Å²) in [5.41, 5.74) is 1.28. The molecule has 17 heavy (non-hydrogen) atoms. The summed E-state index contributed by atoms with van der Waals surface area (Å²) in [5.74, 6) is 0.650. The maximum atomic E-state index is 5.80. The second kappa shape index (κ2) is 3.95. The maximum absolute atomic E-state index is 5.80. The van der Waals surface area contributed by atoms with Gasteiger partial charge in [-0.25, -0.2) is 4.98 Å². The zero-order chi connectivity index (χ0) is 12.0. The maximum Gasteiger partial charge on any atom is 0.129 e. The highest BCUT2D eigenvalue weighted by Crippen LogP contribution is 2.53. The van der Waals surface area contributed by atoms with Crippen LogP contribution < -0.4 is 5.32 Å². The first-order chi connectivity index (χ1) is 8.10. The van der Waals surface area contributed by atoms with Gasteiger partial charge in [-0.3, -0.25) is 0 Å². The summed E-state index contributed by atoms with van der Waals surface area (Å²) >= 11 is 3.48. The van der Waals surface area contributed by atoms with E-state index in [1.54, 1.807) is 6.20 Å². The fraction of sp³-hybridized carbons (Fsp3) is 0.615. The Kier molecular flexibility index (Phi) is 2.67. The first kappa shape index (κ1) is 11.5. The Labute approximate surface area is 110 Å². The molecule has 1 aliphatic carbocycles. The highest BCUT2D eigenvalue weighted by Gasteiger charge is 2.59. The Morgan fingerprint density at radius 2 is 2.35 bits per heavy atom. The van der Waals surface area contributed by atoms with Crippen molar-refractivity contribution in [3.8, 4) is 0 Å². The van der Waals surface area contributed by atoms with E-state index in [1.165, 1.54) is 6.42 Å². The molecule has 3 nitrogen and oxygen atoms in total. The van der Waals surface area contributed by atoms with E-state index in [1.807, 2.05) is 6.07 Å². The molecule has 0 amide bonds. The van der Waals surface area contributed by atoms with Crippen LogP contribution in [0.5, 0.6) is 0 Å². The highest BCUT2D eigenvalue weighted by molar-refractivity contribution is 9.10. The molecule has 2 fully saturated rings. The van der Waals surface area contributed by atoms with Crippen LogP contribution in [0.4, 0.5) is 5.69 Å². The molecule has 3 atom stereocenters. The van der Waals surface area contributed by atoms with Crippen LogP contribution in [0.3, 0.4) is 0 Å². The molecule has 0 bridgehead atoms. The zero-order valence-electron chi connectivity index (χ0n) is 10.1. The van der Waals surface area contributed by atoms with Gasteiger partial charge >= 0.3 is 0 Å². The minimum Gasteiger partial charge on any atom is -0.379 e. The van der Waals surface area contributed by atoms with E-state index in [4.69, 9.17) is 4.74 Å². The minimum absolute atomic E-state index is 0.205. The lowest BCUT2D eigenvalue weighted by Crippen LogP contribution is -2.63. The number of ether oxygens (including phenoxy) is 1. The molecule has 92 valence electrons. The second-order valence-corrected chi connectivity index (χ2v) is 6.28. The molecule has 1 aromatic rings. The number of hydrogen-bond acceptors (Lipinski definition) is 3. The smallest absolute Gasteiger partial charge is 0.129 e. The summed E-state index contributed by atoms with van der Waals surface area (Å²) in [4.78, 5) is 4.25. The first-order valence-corrected chi connectivity index (χ1v) is 6.88. The van der Waals surface area contributed by atoms with Gasteiger partial charge in [0.25, 0.3) is 0 Å². The van der Waals surface area contributed by atoms with Crippen LogP contribution in [0, 0.1) is 11.3 Å². The van der Waals surface area contributed by atoms with Gasteiger partial charge in [0.2, 0.25) is 0 Å². The molecule has 1 saturated carbocycles. The molecule has 3 rings (SSSR count). The molecular weight excluding hydrogens is 280 g/mol. The lowest BCUT2D eigenvalue weighted by Gasteiger charge is -2.55. The van der Waals surface area contributed by atoms with Crippen molar-refractivity contribution in [3.63, 3.8) is 0 Å². The van der Waals surface area contributed by atoms with E-state index in [9.17, 15) is 0 Å². The van der Waals surface area contributed by atoms with Crippen LogP contribution >= 0.6 is 15.9 Å². The van der Waals surface area contributed by atoms with E-state index in [2.05, 4.69) is 46.1 Å². The van der Waals surface area contributed by atoms with Gasteiger partial charge in [-0.05, 0) is 34.5 Å². The van der Waals surface area contributed by atoms with Crippen molar-refractivity contribution in [2.24, 2.45) is 11.3 Å². The van der Waals surface area contributed by atoms with Gasteiger partial charge in [0.1, 0.15) is 4.60 Å². The lowest BCUT2D eigenvalue weighted by molar-refractivity contribution is -0.0923. The van der Waals surface area contributed by atoms with E-state index in [-0.39, 0.29) is 5.41 Å². The van der Waals surface area contributed by atoms with Crippen molar-refractivity contribution in [2.45, 2.75) is 32.4 Å². The molecule has 0 spiro atoms. The average molecular weight is 297 g/mol. The molecule has 0 radical (unpaired) electrons. The van der Waals surface area contributed by atoms with E-state index >= 15 is 0 Å². The second-order valence-electron chi connectivity index (χ2n) is 5.53. The van der Waals surface area contributed by atoms with Gasteiger partial charge in [-0.15, -0.1) is 0 Å². The standard InChI is InChI=1S/C13H17BrN2O/c1-13(2)10(8-5-7-17-11(8)13)16-9-4-3-6-15-12(9)14/h3-4,6,8,10-11,16H,5,7H2,1-2H3. The number of hydrogen-bond donors (Lipinski definition) is 1. The van der Waals surface area contributed by atoms with Crippen molar-refractivity contribution >= 4 is 21.6 Å². The monoisotopic (exact) mass is 296 g/mol. The summed E-state index contributed by atoms with van der Waals surface area (Å²) in [6.45, 7) is 5.47. The average Bonchev–Trinajstić information content (AvgIpc) is 2.74. The predicted octanol–water partition coefficient (Wildman–Crippen LogP) is 3.07. The minimum atomic E-state index is 0.205. The van der Waals surface area contributed by atoms with Gasteiger partial charge in [0.15, 0.2) is 0 Å². The van der Waals surface area contributed by atoms with Gasteiger partial charge in [0.05, 0.1) is 11.8 Å². The molecule has 0 aromatic carbocycles. The Balaban J connectivity index is 1.80. The van der Waals surface area contributed by atoms with E-state index in [0.29, 0.717) is 18.1 Å². The number of aromatic nitrogens is 1. The number of anilines is 1. The van der Waals surface area contributed by atoms with Crippen LogP contribution in [0.15, 0.2) is 22.9 Å². The predicted molar refractivity (Wildman–Crippen MR) is 71.0 cm³/mol. The SMILES string of the molecule is CC1(C)C(Nc2cccnc2Br)C2CCOC21. The van der Waals surface area contributed by atoms with Crippen LogP contribution in [0.25, 0.3) is 0 Å².